The van der Waals surface area contributed by atoms with Crippen LogP contribution in [-0.2, 0) is 0 Å². The van der Waals surface area contributed by atoms with Crippen LogP contribution in [0.4, 0.5) is 4.39 Å². The molecule has 0 bridgehead atoms. The smallest absolute Gasteiger partial charge is 0.264 e. The van der Waals surface area contributed by atoms with Crippen molar-refractivity contribution in [3.63, 3.8) is 0 Å². The highest BCUT2D eigenvalue weighted by atomic mass is 35.5. The summed E-state index contributed by atoms with van der Waals surface area (Å²) in [4.78, 5) is 12.9. The molecule has 2 aromatic carbocycles. The fraction of sp³-hybridized carbons (Fsp3) is 0.118. The first-order chi connectivity index (χ1) is 10.5. The average Bonchev–Trinajstić information content (AvgIpc) is 2.51. The lowest BCUT2D eigenvalue weighted by Crippen LogP contribution is -2.26. The predicted octanol–water partition coefficient (Wildman–Crippen LogP) is 3.80. The van der Waals surface area contributed by atoms with Crippen LogP contribution in [0.3, 0.4) is 0 Å². The van der Waals surface area contributed by atoms with Crippen molar-refractivity contribution < 1.29 is 4.39 Å². The fourth-order valence-electron chi connectivity index (χ4n) is 2.55. The largest absolute Gasteiger partial charge is 0.323 e. The second-order valence-corrected chi connectivity index (χ2v) is 5.56. The molecule has 3 nitrogen and oxygen atoms in total. The van der Waals surface area contributed by atoms with Gasteiger partial charge in [-0.05, 0) is 37.3 Å². The van der Waals surface area contributed by atoms with Gasteiger partial charge in [-0.25, -0.2) is 4.39 Å². The van der Waals surface area contributed by atoms with E-state index in [0.29, 0.717) is 11.4 Å². The first-order valence-corrected chi connectivity index (χ1v) is 7.23. The van der Waals surface area contributed by atoms with Crippen molar-refractivity contribution in [1.29, 1.82) is 0 Å². The maximum atomic E-state index is 14.1. The van der Waals surface area contributed by atoms with E-state index in [4.69, 9.17) is 17.3 Å². The number of hydrogen-bond acceptors (Lipinski definition) is 2. The Labute approximate surface area is 131 Å². The van der Waals surface area contributed by atoms with E-state index >= 15 is 0 Å². The van der Waals surface area contributed by atoms with E-state index in [2.05, 4.69) is 0 Å². The summed E-state index contributed by atoms with van der Waals surface area (Å²) >= 11 is 6.11. The van der Waals surface area contributed by atoms with Crippen molar-refractivity contribution in [2.75, 3.05) is 0 Å². The second kappa shape index (κ2) is 5.55. The van der Waals surface area contributed by atoms with Crippen LogP contribution in [0.25, 0.3) is 16.5 Å². The van der Waals surface area contributed by atoms with Gasteiger partial charge in [-0.2, -0.15) is 0 Å². The minimum absolute atomic E-state index is 0.162. The van der Waals surface area contributed by atoms with Crippen LogP contribution in [0, 0.1) is 5.82 Å². The number of rotatable bonds is 2. The Bertz CT molecular complexity index is 904. The molecular weight excluding hydrogens is 303 g/mol. The first-order valence-electron chi connectivity index (χ1n) is 6.85. The highest BCUT2D eigenvalue weighted by molar-refractivity contribution is 6.35. The quantitative estimate of drug-likeness (QED) is 0.781. The van der Waals surface area contributed by atoms with Crippen LogP contribution in [0.5, 0.6) is 0 Å². The molecule has 0 fully saturated rings. The number of benzene rings is 2. The lowest BCUT2D eigenvalue weighted by molar-refractivity contribution is 0.638. The Morgan fingerprint density at radius 3 is 2.50 bits per heavy atom. The zero-order valence-corrected chi connectivity index (χ0v) is 12.6. The molecule has 0 radical (unpaired) electrons. The molecule has 0 spiro atoms. The lowest BCUT2D eigenvalue weighted by Gasteiger charge is -2.17. The van der Waals surface area contributed by atoms with Gasteiger partial charge in [0.05, 0.1) is 10.4 Å². The van der Waals surface area contributed by atoms with Gasteiger partial charge in [0.1, 0.15) is 5.82 Å². The van der Waals surface area contributed by atoms with Crippen LogP contribution in [0.2, 0.25) is 5.02 Å². The van der Waals surface area contributed by atoms with Crippen molar-refractivity contribution in [2.24, 2.45) is 5.73 Å². The molecule has 3 aromatic rings. The SMILES string of the molecule is C[C@H](N)c1cc2c(F)ccc(Cl)c2c(=O)n1-c1ccccc1. The van der Waals surface area contributed by atoms with Gasteiger partial charge >= 0.3 is 0 Å². The van der Waals surface area contributed by atoms with Crippen LogP contribution >= 0.6 is 11.6 Å². The molecule has 0 unspecified atom stereocenters. The maximum Gasteiger partial charge on any atom is 0.264 e. The van der Waals surface area contributed by atoms with E-state index in [0.717, 1.165) is 0 Å². The molecule has 1 atom stereocenters. The van der Waals surface area contributed by atoms with Gasteiger partial charge in [-0.1, -0.05) is 29.8 Å². The number of nitrogens with two attached hydrogens (primary N) is 1. The molecule has 3 rings (SSSR count). The van der Waals surface area contributed by atoms with E-state index in [-0.39, 0.29) is 21.4 Å². The van der Waals surface area contributed by atoms with Gasteiger partial charge in [0.15, 0.2) is 0 Å². The number of hydrogen-bond donors (Lipinski definition) is 1. The Hall–Kier alpha value is -2.17. The summed E-state index contributed by atoms with van der Waals surface area (Å²) in [7, 11) is 0. The zero-order valence-electron chi connectivity index (χ0n) is 11.9. The third-order valence-electron chi connectivity index (χ3n) is 3.59. The Morgan fingerprint density at radius 2 is 1.86 bits per heavy atom. The minimum atomic E-state index is -0.487. The van der Waals surface area contributed by atoms with Crippen LogP contribution < -0.4 is 11.3 Å². The normalized spacial score (nSPS) is 12.5. The van der Waals surface area contributed by atoms with Gasteiger partial charge in [-0.3, -0.25) is 9.36 Å². The van der Waals surface area contributed by atoms with Crippen molar-refractivity contribution >= 4 is 22.4 Å². The van der Waals surface area contributed by atoms with E-state index in [9.17, 15) is 9.18 Å². The molecule has 1 aromatic heterocycles. The van der Waals surface area contributed by atoms with Crippen molar-refractivity contribution in [2.45, 2.75) is 13.0 Å². The van der Waals surface area contributed by atoms with Gasteiger partial charge < -0.3 is 5.73 Å². The fourth-order valence-corrected chi connectivity index (χ4v) is 2.79. The van der Waals surface area contributed by atoms with Gasteiger partial charge in [-0.15, -0.1) is 0 Å². The van der Waals surface area contributed by atoms with Gasteiger partial charge in [0.25, 0.3) is 5.56 Å². The van der Waals surface area contributed by atoms with E-state index in [1.165, 1.54) is 16.7 Å². The standard InChI is InChI=1S/C17H14ClFN2O/c1-10(20)15-9-12-14(19)8-7-13(18)16(12)17(22)21(15)11-5-3-2-4-6-11/h2-10H,20H2,1H3/t10-/m0/s1. The van der Waals surface area contributed by atoms with Crippen LogP contribution in [0.15, 0.2) is 53.3 Å². The molecular formula is C17H14ClFN2O. The van der Waals surface area contributed by atoms with E-state index in [1.807, 2.05) is 18.2 Å². The van der Waals surface area contributed by atoms with Gasteiger partial charge in [0, 0.05) is 22.8 Å². The molecule has 0 aliphatic rings. The number of pyridine rings is 1. The molecule has 0 aliphatic heterocycles. The number of nitrogens with zero attached hydrogens (tertiary/aromatic N) is 1. The lowest BCUT2D eigenvalue weighted by atomic mass is 10.1. The van der Waals surface area contributed by atoms with E-state index < -0.39 is 11.9 Å². The highest BCUT2D eigenvalue weighted by Crippen LogP contribution is 2.26. The van der Waals surface area contributed by atoms with Gasteiger partial charge in [0.2, 0.25) is 0 Å². The molecule has 0 saturated heterocycles. The van der Waals surface area contributed by atoms with Crippen LogP contribution in [0.1, 0.15) is 18.7 Å². The number of fused-ring (bicyclic) bond motifs is 1. The van der Waals surface area contributed by atoms with Crippen molar-refractivity contribution in [3.8, 4) is 5.69 Å². The summed E-state index contributed by atoms with van der Waals surface area (Å²) in [5.41, 5.74) is 6.81. The maximum absolute atomic E-state index is 14.1. The zero-order chi connectivity index (χ0) is 15.9. The summed E-state index contributed by atoms with van der Waals surface area (Å²) in [5, 5.41) is 0.578. The molecule has 5 heteroatoms. The topological polar surface area (TPSA) is 48.0 Å². The predicted molar refractivity (Wildman–Crippen MR) is 87.1 cm³/mol. The molecule has 112 valence electrons. The van der Waals surface area contributed by atoms with Crippen molar-refractivity contribution in [1.82, 2.24) is 4.57 Å². The Kier molecular flexibility index (Phi) is 3.72. The summed E-state index contributed by atoms with van der Waals surface area (Å²) in [6, 6.07) is 12.9. The molecule has 0 saturated carbocycles. The Morgan fingerprint density at radius 1 is 1.18 bits per heavy atom. The number of aromatic nitrogens is 1. The van der Waals surface area contributed by atoms with Crippen LogP contribution in [-0.4, -0.2) is 4.57 Å². The summed E-state index contributed by atoms with van der Waals surface area (Å²) in [6.45, 7) is 1.75. The Balaban J connectivity index is 2.51. The summed E-state index contributed by atoms with van der Waals surface area (Å²) in [6.07, 6.45) is 0. The van der Waals surface area contributed by atoms with Crippen molar-refractivity contribution in [3.05, 3.63) is 75.4 Å². The average molecular weight is 317 g/mol. The minimum Gasteiger partial charge on any atom is -0.323 e. The molecule has 2 N–H and O–H groups in total. The third-order valence-corrected chi connectivity index (χ3v) is 3.90. The monoisotopic (exact) mass is 316 g/mol. The highest BCUT2D eigenvalue weighted by Gasteiger charge is 2.17. The summed E-state index contributed by atoms with van der Waals surface area (Å²) in [5.74, 6) is -0.487. The third kappa shape index (κ3) is 2.30. The molecule has 1 heterocycles. The number of para-hydroxylation sites is 1. The summed E-state index contributed by atoms with van der Waals surface area (Å²) < 4.78 is 15.6. The van der Waals surface area contributed by atoms with E-state index in [1.54, 1.807) is 25.1 Å². The second-order valence-electron chi connectivity index (χ2n) is 5.15. The molecule has 22 heavy (non-hydrogen) atoms. The number of halogens is 2. The molecule has 0 amide bonds. The first kappa shape index (κ1) is 14.8. The molecule has 0 aliphatic carbocycles.